The van der Waals surface area contributed by atoms with Crippen LogP contribution in [0.15, 0.2) is 59.4 Å². The van der Waals surface area contributed by atoms with Crippen LogP contribution in [0.3, 0.4) is 0 Å². The molecule has 0 radical (unpaired) electrons. The number of H-pyrrole nitrogens is 1. The number of aromatic amines is 1. The van der Waals surface area contributed by atoms with Gasteiger partial charge in [0.15, 0.2) is 11.5 Å². The summed E-state index contributed by atoms with van der Waals surface area (Å²) in [6.07, 6.45) is 0.562. The molecule has 0 unspecified atom stereocenters. The van der Waals surface area contributed by atoms with Crippen LogP contribution in [-0.4, -0.2) is 40.0 Å². The van der Waals surface area contributed by atoms with Crippen LogP contribution in [0.2, 0.25) is 0 Å². The van der Waals surface area contributed by atoms with Crippen LogP contribution in [0.5, 0.6) is 11.5 Å². The lowest BCUT2D eigenvalue weighted by atomic mass is 10.2. The maximum absolute atomic E-state index is 12.8. The number of hydrogen-bond acceptors (Lipinski definition) is 6. The SMILES string of the molecule is CCc1c(C)nc(-n2nc(-c3ccccc3)cc2NC(=O)NCc2ccc(OC)c(OC)c2)[nH]c1=O. The first-order valence-corrected chi connectivity index (χ1v) is 11.4. The molecule has 0 bridgehead atoms. The lowest BCUT2D eigenvalue weighted by Crippen LogP contribution is -2.29. The molecule has 2 amide bonds. The Morgan fingerprint density at radius 1 is 1.06 bits per heavy atom. The van der Waals surface area contributed by atoms with Gasteiger partial charge in [-0.25, -0.2) is 9.78 Å². The van der Waals surface area contributed by atoms with E-state index < -0.39 is 6.03 Å². The monoisotopic (exact) mass is 488 g/mol. The Kier molecular flexibility index (Phi) is 7.33. The number of ether oxygens (including phenoxy) is 2. The van der Waals surface area contributed by atoms with Gasteiger partial charge in [-0.1, -0.05) is 43.3 Å². The molecular weight excluding hydrogens is 460 g/mol. The van der Waals surface area contributed by atoms with Gasteiger partial charge < -0.3 is 14.8 Å². The predicted octanol–water partition coefficient (Wildman–Crippen LogP) is 3.83. The first-order valence-electron chi connectivity index (χ1n) is 11.4. The van der Waals surface area contributed by atoms with E-state index in [9.17, 15) is 9.59 Å². The first kappa shape index (κ1) is 24.5. The van der Waals surface area contributed by atoms with Crippen molar-refractivity contribution in [2.24, 2.45) is 0 Å². The third-order valence-corrected chi connectivity index (χ3v) is 5.69. The number of methoxy groups -OCH3 is 2. The van der Waals surface area contributed by atoms with Crippen molar-refractivity contribution in [3.8, 4) is 28.7 Å². The van der Waals surface area contributed by atoms with Gasteiger partial charge in [-0.3, -0.25) is 15.1 Å². The average molecular weight is 489 g/mol. The summed E-state index contributed by atoms with van der Waals surface area (Å²) in [5.74, 6) is 1.75. The number of benzene rings is 2. The zero-order valence-corrected chi connectivity index (χ0v) is 20.6. The standard InChI is InChI=1S/C26H28N6O4/c1-5-19-16(2)28-25(30-24(19)33)32-23(14-20(31-32)18-9-7-6-8-10-18)29-26(34)27-15-17-11-12-21(35-3)22(13-17)36-4/h6-14H,5,15H2,1-4H3,(H2,27,29,34)(H,28,30,33). The number of hydrogen-bond donors (Lipinski definition) is 3. The molecule has 10 heteroatoms. The summed E-state index contributed by atoms with van der Waals surface area (Å²) in [6.45, 7) is 3.93. The zero-order chi connectivity index (χ0) is 25.7. The molecule has 10 nitrogen and oxygen atoms in total. The number of urea groups is 1. The minimum Gasteiger partial charge on any atom is -0.493 e. The quantitative estimate of drug-likeness (QED) is 0.346. The Balaban J connectivity index is 1.61. The topological polar surface area (TPSA) is 123 Å². The van der Waals surface area contributed by atoms with Gasteiger partial charge in [-0.05, 0) is 31.0 Å². The molecule has 4 aromatic rings. The van der Waals surface area contributed by atoms with E-state index in [0.717, 1.165) is 11.1 Å². The Hall–Kier alpha value is -4.60. The molecule has 2 aromatic heterocycles. The fraction of sp³-hybridized carbons (Fsp3) is 0.231. The molecule has 2 heterocycles. The van der Waals surface area contributed by atoms with E-state index in [1.807, 2.05) is 43.3 Å². The third-order valence-electron chi connectivity index (χ3n) is 5.69. The number of nitrogens with one attached hydrogen (secondary N) is 3. The summed E-state index contributed by atoms with van der Waals surface area (Å²) in [7, 11) is 3.12. The van der Waals surface area contributed by atoms with Crippen molar-refractivity contribution < 1.29 is 14.3 Å². The normalized spacial score (nSPS) is 10.7. The van der Waals surface area contributed by atoms with Crippen LogP contribution in [-0.2, 0) is 13.0 Å². The van der Waals surface area contributed by atoms with E-state index in [4.69, 9.17) is 9.47 Å². The second-order valence-electron chi connectivity index (χ2n) is 8.00. The highest BCUT2D eigenvalue weighted by molar-refractivity contribution is 5.89. The number of carbonyl (C=O) groups excluding carboxylic acids is 1. The number of nitrogens with zero attached hydrogens (tertiary/aromatic N) is 3. The van der Waals surface area contributed by atoms with Crippen molar-refractivity contribution in [3.63, 3.8) is 0 Å². The highest BCUT2D eigenvalue weighted by Gasteiger charge is 2.17. The van der Waals surface area contributed by atoms with Crippen molar-refractivity contribution in [1.82, 2.24) is 25.1 Å². The van der Waals surface area contributed by atoms with E-state index in [1.165, 1.54) is 4.68 Å². The van der Waals surface area contributed by atoms with Gasteiger partial charge in [0.05, 0.1) is 19.9 Å². The lowest BCUT2D eigenvalue weighted by molar-refractivity contribution is 0.251. The van der Waals surface area contributed by atoms with Gasteiger partial charge in [0.25, 0.3) is 5.56 Å². The van der Waals surface area contributed by atoms with Crippen LogP contribution in [0.1, 0.15) is 23.7 Å². The molecule has 4 rings (SSSR count). The zero-order valence-electron chi connectivity index (χ0n) is 20.6. The Labute approximate surface area is 208 Å². The maximum atomic E-state index is 12.8. The molecule has 0 aliphatic heterocycles. The Bertz CT molecular complexity index is 1430. The van der Waals surface area contributed by atoms with Crippen LogP contribution in [0, 0.1) is 6.92 Å². The summed E-state index contributed by atoms with van der Waals surface area (Å²) in [5, 5.41) is 10.3. The molecule has 3 N–H and O–H groups in total. The fourth-order valence-electron chi connectivity index (χ4n) is 3.83. The van der Waals surface area contributed by atoms with Crippen molar-refractivity contribution in [2.75, 3.05) is 19.5 Å². The number of rotatable bonds is 8. The third kappa shape index (κ3) is 5.22. The second-order valence-corrected chi connectivity index (χ2v) is 8.00. The molecule has 0 saturated heterocycles. The molecule has 0 spiro atoms. The molecule has 36 heavy (non-hydrogen) atoms. The van der Waals surface area contributed by atoms with Gasteiger partial charge in [0, 0.05) is 29.4 Å². The van der Waals surface area contributed by atoms with Gasteiger partial charge >= 0.3 is 6.03 Å². The van der Waals surface area contributed by atoms with E-state index in [-0.39, 0.29) is 18.1 Å². The minimum atomic E-state index is -0.449. The lowest BCUT2D eigenvalue weighted by Gasteiger charge is -2.12. The molecule has 0 saturated carbocycles. The molecule has 0 aliphatic rings. The number of aromatic nitrogens is 4. The highest BCUT2D eigenvalue weighted by Crippen LogP contribution is 2.27. The molecule has 0 atom stereocenters. The predicted molar refractivity (Wildman–Crippen MR) is 137 cm³/mol. The average Bonchev–Trinajstić information content (AvgIpc) is 3.31. The van der Waals surface area contributed by atoms with E-state index in [2.05, 4.69) is 25.7 Å². The molecule has 0 aliphatic carbocycles. The second kappa shape index (κ2) is 10.8. The van der Waals surface area contributed by atoms with Gasteiger partial charge in [-0.15, -0.1) is 0 Å². The van der Waals surface area contributed by atoms with Crippen LogP contribution < -0.4 is 25.7 Å². The van der Waals surface area contributed by atoms with Gasteiger partial charge in [0.2, 0.25) is 5.95 Å². The first-order chi connectivity index (χ1) is 17.4. The van der Waals surface area contributed by atoms with Crippen LogP contribution >= 0.6 is 0 Å². The van der Waals surface area contributed by atoms with E-state index in [0.29, 0.717) is 40.7 Å². The Morgan fingerprint density at radius 3 is 2.47 bits per heavy atom. The fourth-order valence-corrected chi connectivity index (χ4v) is 3.83. The summed E-state index contributed by atoms with van der Waals surface area (Å²) in [6, 6.07) is 16.2. The van der Waals surface area contributed by atoms with Crippen molar-refractivity contribution in [1.29, 1.82) is 0 Å². The minimum absolute atomic E-state index is 0.215. The van der Waals surface area contributed by atoms with Crippen LogP contribution in [0.4, 0.5) is 10.6 Å². The molecular formula is C26H28N6O4. The molecule has 2 aromatic carbocycles. The molecule has 0 fully saturated rings. The number of aryl methyl sites for hydroxylation is 1. The summed E-state index contributed by atoms with van der Waals surface area (Å²) in [4.78, 5) is 32.7. The number of amides is 2. The van der Waals surface area contributed by atoms with Gasteiger partial charge in [-0.2, -0.15) is 9.78 Å². The van der Waals surface area contributed by atoms with Gasteiger partial charge in [0.1, 0.15) is 5.82 Å². The smallest absolute Gasteiger partial charge is 0.320 e. The largest absolute Gasteiger partial charge is 0.493 e. The van der Waals surface area contributed by atoms with Crippen LogP contribution in [0.25, 0.3) is 17.2 Å². The Morgan fingerprint density at radius 2 is 1.81 bits per heavy atom. The summed E-state index contributed by atoms with van der Waals surface area (Å²) >= 11 is 0. The molecule has 186 valence electrons. The van der Waals surface area contributed by atoms with Crippen molar-refractivity contribution in [2.45, 2.75) is 26.8 Å². The number of anilines is 1. The summed E-state index contributed by atoms with van der Waals surface area (Å²) < 4.78 is 12.0. The van der Waals surface area contributed by atoms with Crippen molar-refractivity contribution in [3.05, 3.63) is 81.8 Å². The van der Waals surface area contributed by atoms with E-state index in [1.54, 1.807) is 39.3 Å². The summed E-state index contributed by atoms with van der Waals surface area (Å²) in [5.41, 5.74) is 3.28. The van der Waals surface area contributed by atoms with E-state index >= 15 is 0 Å². The highest BCUT2D eigenvalue weighted by atomic mass is 16.5. The van der Waals surface area contributed by atoms with Crippen molar-refractivity contribution >= 4 is 11.8 Å². The maximum Gasteiger partial charge on any atom is 0.320 e. The number of carbonyl (C=O) groups is 1.